The van der Waals surface area contributed by atoms with E-state index >= 15 is 13.6 Å². The summed E-state index contributed by atoms with van der Waals surface area (Å²) >= 11 is 0. The van der Waals surface area contributed by atoms with Gasteiger partial charge >= 0.3 is 12.3 Å². The highest BCUT2D eigenvalue weighted by Gasteiger charge is 2.64. The fraction of sp³-hybridized carbons (Fsp3) is 0.634. The number of carboxylic acid groups (broad SMARTS) is 1. The van der Waals surface area contributed by atoms with Crippen LogP contribution >= 0.6 is 0 Å². The molecule has 2 aliphatic heterocycles. The predicted octanol–water partition coefficient (Wildman–Crippen LogP) is 6.23. The standard InChI is InChI=1S/C41H51F6N5O9S/c1-22-9-7-8-10-24-18-40(24,35(55)50-62(58,59)39(21-42)13-14-39)49-32(53)30-17-26(61-33-27-12-11-25(60-6)16-28(27)29(19-48-33)41(45,46)47)20-51(30)34(54)31(23(2)15-22)52(36(56)57)37(3,4)38(5,43)44/h8,10-12,16,19,22-24,26,30-31H,7,9,13-15,17-18,20-21H2,1-6H3,(H,49,53)(H,50,55)(H,56,57)/t22-,23-,24-,26-,30+,31+,40-/m1/s1. The molecular weight excluding hydrogens is 853 g/mol. The van der Waals surface area contributed by atoms with Gasteiger partial charge in [-0.2, -0.15) is 13.2 Å². The van der Waals surface area contributed by atoms with Crippen LogP contribution in [0.4, 0.5) is 31.1 Å². The molecule has 1 saturated heterocycles. The number of pyridine rings is 1. The van der Waals surface area contributed by atoms with Crippen molar-refractivity contribution in [3.8, 4) is 11.6 Å². The van der Waals surface area contributed by atoms with Crippen molar-refractivity contribution >= 4 is 44.6 Å². The summed E-state index contributed by atoms with van der Waals surface area (Å²) in [6.45, 7) is 4.06. The van der Waals surface area contributed by atoms with Crippen molar-refractivity contribution in [2.24, 2.45) is 17.8 Å². The lowest BCUT2D eigenvalue weighted by Crippen LogP contribution is -2.66. The van der Waals surface area contributed by atoms with Crippen molar-refractivity contribution in [1.29, 1.82) is 0 Å². The van der Waals surface area contributed by atoms with Crippen molar-refractivity contribution in [2.45, 2.75) is 126 Å². The first-order valence-corrected chi connectivity index (χ1v) is 21.7. The molecule has 3 fully saturated rings. The summed E-state index contributed by atoms with van der Waals surface area (Å²) in [4.78, 5) is 62.0. The number of allylic oxidation sites excluding steroid dienone is 1. The van der Waals surface area contributed by atoms with Crippen LogP contribution in [0.25, 0.3) is 10.8 Å². The molecule has 4 aliphatic rings. The molecule has 1 aromatic carbocycles. The predicted molar refractivity (Wildman–Crippen MR) is 211 cm³/mol. The van der Waals surface area contributed by atoms with Gasteiger partial charge in [-0.25, -0.2) is 31.4 Å². The van der Waals surface area contributed by atoms with Gasteiger partial charge in [0.05, 0.1) is 19.2 Å². The number of halogens is 6. The molecule has 6 rings (SSSR count). The van der Waals surface area contributed by atoms with Gasteiger partial charge in [0.1, 0.15) is 46.4 Å². The molecule has 3 heterocycles. The summed E-state index contributed by atoms with van der Waals surface area (Å²) in [7, 11) is -3.29. The summed E-state index contributed by atoms with van der Waals surface area (Å²) in [6.07, 6.45) is -3.53. The van der Waals surface area contributed by atoms with E-state index < -0.39 is 117 Å². The molecule has 0 radical (unpaired) electrons. The molecule has 342 valence electrons. The first-order chi connectivity index (χ1) is 28.7. The molecule has 2 saturated carbocycles. The smallest absolute Gasteiger partial charge is 0.418 e. The molecule has 1 aromatic heterocycles. The number of carbonyl (C=O) groups is 4. The second-order valence-electron chi connectivity index (χ2n) is 17.8. The molecule has 0 bridgehead atoms. The zero-order valence-electron chi connectivity index (χ0n) is 35.0. The molecule has 0 spiro atoms. The third kappa shape index (κ3) is 8.61. The number of rotatable bonds is 10. The van der Waals surface area contributed by atoms with Crippen molar-refractivity contribution in [2.75, 3.05) is 20.3 Å². The fourth-order valence-electron chi connectivity index (χ4n) is 8.61. The van der Waals surface area contributed by atoms with E-state index in [4.69, 9.17) is 9.47 Å². The summed E-state index contributed by atoms with van der Waals surface area (Å²) in [5, 5.41) is 12.8. The van der Waals surface area contributed by atoms with Gasteiger partial charge in [0, 0.05) is 36.2 Å². The Bertz CT molecular complexity index is 2250. The largest absolute Gasteiger partial charge is 0.497 e. The lowest BCUT2D eigenvalue weighted by atomic mass is 9.84. The van der Waals surface area contributed by atoms with E-state index in [-0.39, 0.29) is 54.0 Å². The number of fused-ring (bicyclic) bond motifs is 3. The second-order valence-corrected chi connectivity index (χ2v) is 19.8. The first-order valence-electron chi connectivity index (χ1n) is 20.3. The third-order valence-corrected chi connectivity index (χ3v) is 15.1. The van der Waals surface area contributed by atoms with Crippen LogP contribution in [0.15, 0.2) is 36.5 Å². The Hall–Kier alpha value is -4.82. The molecule has 4 amide bonds. The number of ether oxygens (including phenoxy) is 2. The SMILES string of the molecule is COc1ccc2c(O[C@@H]3C[C@H]4C(=O)N[C@]5(C(=O)NS(=O)(=O)C6(CF)CC6)C[C@H]5C=CCC[C@@H](C)C[C@@H](C)[C@H](N(C(=O)O)C(C)(C)C(C)(F)F)C(=O)N4C3)ncc(C(F)(F)F)c2c1. The van der Waals surface area contributed by atoms with Gasteiger partial charge in [0.15, 0.2) is 0 Å². The Balaban J connectivity index is 1.44. The summed E-state index contributed by atoms with van der Waals surface area (Å²) in [5.74, 6) is -9.07. The number of methoxy groups -OCH3 is 1. The number of hydrogen-bond acceptors (Lipinski definition) is 9. The lowest BCUT2D eigenvalue weighted by Gasteiger charge is -2.47. The topological polar surface area (TPSA) is 185 Å². The van der Waals surface area contributed by atoms with E-state index in [1.807, 2.05) is 11.6 Å². The molecule has 2 aromatic rings. The number of hydrogen-bond donors (Lipinski definition) is 3. The molecular formula is C41H51F6N5O9S. The van der Waals surface area contributed by atoms with Gasteiger partial charge < -0.3 is 24.8 Å². The lowest BCUT2D eigenvalue weighted by molar-refractivity contribution is -0.156. The molecule has 7 atom stereocenters. The van der Waals surface area contributed by atoms with Gasteiger partial charge in [-0.3, -0.25) is 24.0 Å². The van der Waals surface area contributed by atoms with E-state index in [9.17, 15) is 45.5 Å². The fourth-order valence-corrected chi connectivity index (χ4v) is 10.0. The molecule has 14 nitrogen and oxygen atoms in total. The Kier molecular flexibility index (Phi) is 12.3. The van der Waals surface area contributed by atoms with Gasteiger partial charge in [-0.1, -0.05) is 26.0 Å². The maximum Gasteiger partial charge on any atom is 0.418 e. The highest BCUT2D eigenvalue weighted by molar-refractivity contribution is 7.91. The first kappa shape index (κ1) is 46.7. The van der Waals surface area contributed by atoms with E-state index in [2.05, 4.69) is 10.3 Å². The molecule has 2 aliphatic carbocycles. The van der Waals surface area contributed by atoms with Crippen LogP contribution in [0.3, 0.4) is 0 Å². The number of carbonyl (C=O) groups excluding carboxylic acids is 3. The van der Waals surface area contributed by atoms with Gasteiger partial charge in [0.25, 0.3) is 11.8 Å². The van der Waals surface area contributed by atoms with E-state index in [1.54, 1.807) is 12.2 Å². The normalized spacial score (nSPS) is 28.2. The highest BCUT2D eigenvalue weighted by atomic mass is 32.2. The van der Waals surface area contributed by atoms with E-state index in [1.165, 1.54) is 26.2 Å². The quantitative estimate of drug-likeness (QED) is 0.183. The Morgan fingerprint density at radius 1 is 1.08 bits per heavy atom. The monoisotopic (exact) mass is 903 g/mol. The van der Waals surface area contributed by atoms with Crippen LogP contribution in [-0.2, 0) is 30.6 Å². The number of nitrogens with zero attached hydrogens (tertiary/aromatic N) is 3. The zero-order chi connectivity index (χ0) is 46.0. The minimum atomic E-state index is -4.85. The van der Waals surface area contributed by atoms with Crippen molar-refractivity contribution in [3.05, 3.63) is 42.1 Å². The third-order valence-electron chi connectivity index (χ3n) is 13.0. The maximum atomic E-state index is 15.4. The molecule has 21 heteroatoms. The number of amides is 4. The molecule has 3 N–H and O–H groups in total. The minimum absolute atomic E-state index is 0.0299. The van der Waals surface area contributed by atoms with Crippen LogP contribution in [-0.4, -0.2) is 112 Å². The minimum Gasteiger partial charge on any atom is -0.497 e. The average molecular weight is 904 g/mol. The zero-order valence-corrected chi connectivity index (χ0v) is 35.8. The van der Waals surface area contributed by atoms with Crippen LogP contribution in [0.5, 0.6) is 11.6 Å². The van der Waals surface area contributed by atoms with Gasteiger partial charge in [0.2, 0.25) is 27.7 Å². The Morgan fingerprint density at radius 2 is 1.76 bits per heavy atom. The van der Waals surface area contributed by atoms with E-state index in [0.717, 1.165) is 24.8 Å². The summed E-state index contributed by atoms with van der Waals surface area (Å²) in [5.41, 5.74) is -5.50. The number of benzene rings is 1. The van der Waals surface area contributed by atoms with Crippen molar-refractivity contribution in [1.82, 2.24) is 24.8 Å². The Labute approximate surface area is 354 Å². The van der Waals surface area contributed by atoms with Crippen molar-refractivity contribution in [3.63, 3.8) is 0 Å². The van der Waals surface area contributed by atoms with E-state index in [0.29, 0.717) is 30.9 Å². The van der Waals surface area contributed by atoms with Crippen LogP contribution in [0.1, 0.15) is 85.1 Å². The number of aromatic nitrogens is 1. The van der Waals surface area contributed by atoms with Gasteiger partial charge in [-0.15, -0.1) is 0 Å². The number of alkyl halides is 6. The molecule has 0 unspecified atom stereocenters. The van der Waals surface area contributed by atoms with Gasteiger partial charge in [-0.05, 0) is 82.4 Å². The van der Waals surface area contributed by atoms with Crippen LogP contribution < -0.4 is 19.5 Å². The number of nitrogens with one attached hydrogen (secondary N) is 2. The summed E-state index contributed by atoms with van der Waals surface area (Å²) in [6, 6.07) is 0.327. The summed E-state index contributed by atoms with van der Waals surface area (Å²) < 4.78 is 125. The van der Waals surface area contributed by atoms with Crippen molar-refractivity contribution < 1.29 is 68.5 Å². The Morgan fingerprint density at radius 3 is 2.34 bits per heavy atom. The second kappa shape index (κ2) is 16.4. The number of sulfonamides is 1. The average Bonchev–Trinajstić information content (AvgIpc) is 4.08. The highest BCUT2D eigenvalue weighted by Crippen LogP contribution is 2.48. The maximum absolute atomic E-state index is 15.4. The van der Waals surface area contributed by atoms with Crippen LogP contribution in [0.2, 0.25) is 0 Å². The van der Waals surface area contributed by atoms with Crippen LogP contribution in [0, 0.1) is 17.8 Å². The molecule has 62 heavy (non-hydrogen) atoms.